The average molecular weight is 380 g/mol. The molecular weight excluding hydrogens is 368 g/mol. The van der Waals surface area contributed by atoms with Crippen LogP contribution in [0.5, 0.6) is 0 Å². The fourth-order valence-corrected chi connectivity index (χ4v) is 3.40. The number of carboxylic acids is 1. The van der Waals surface area contributed by atoms with Crippen LogP contribution >= 0.6 is 39.3 Å². The molecule has 2 rings (SSSR count). The maximum atomic E-state index is 12.2. The van der Waals surface area contributed by atoms with E-state index in [9.17, 15) is 9.59 Å². The van der Waals surface area contributed by atoms with Crippen molar-refractivity contribution in [3.8, 4) is 0 Å². The van der Waals surface area contributed by atoms with Crippen LogP contribution in [0.15, 0.2) is 22.7 Å². The van der Waals surface area contributed by atoms with Crippen LogP contribution in [0.25, 0.3) is 0 Å². The molecule has 2 N–H and O–H groups in total. The summed E-state index contributed by atoms with van der Waals surface area (Å²) in [7, 11) is 0. The number of urea groups is 1. The number of thioether (sulfide) groups is 1. The number of amides is 2. The van der Waals surface area contributed by atoms with Gasteiger partial charge >= 0.3 is 12.0 Å². The van der Waals surface area contributed by atoms with Crippen LogP contribution < -0.4 is 5.32 Å². The summed E-state index contributed by atoms with van der Waals surface area (Å²) in [6.45, 7) is 0.402. The van der Waals surface area contributed by atoms with Gasteiger partial charge in [0.05, 0.1) is 10.7 Å². The lowest BCUT2D eigenvalue weighted by Crippen LogP contribution is -2.51. The van der Waals surface area contributed by atoms with Crippen molar-refractivity contribution in [1.82, 2.24) is 4.90 Å². The molecule has 1 aliphatic rings. The molecule has 2 amide bonds. The Balaban J connectivity index is 2.14. The van der Waals surface area contributed by atoms with Crippen LogP contribution in [0.1, 0.15) is 0 Å². The lowest BCUT2D eigenvalue weighted by molar-refractivity contribution is -0.141. The van der Waals surface area contributed by atoms with Crippen molar-refractivity contribution >= 4 is 57.0 Å². The maximum Gasteiger partial charge on any atom is 0.327 e. The minimum Gasteiger partial charge on any atom is -0.480 e. The third-order valence-electron chi connectivity index (χ3n) is 2.84. The molecule has 1 fully saturated rings. The molecule has 1 aromatic rings. The van der Waals surface area contributed by atoms with E-state index in [1.165, 1.54) is 16.7 Å². The third kappa shape index (κ3) is 3.59. The molecule has 20 heavy (non-hydrogen) atoms. The molecule has 0 spiro atoms. The van der Waals surface area contributed by atoms with E-state index in [4.69, 9.17) is 16.7 Å². The van der Waals surface area contributed by atoms with Crippen LogP contribution in [0, 0.1) is 0 Å². The summed E-state index contributed by atoms with van der Waals surface area (Å²) < 4.78 is 0.779. The smallest absolute Gasteiger partial charge is 0.327 e. The Morgan fingerprint density at radius 3 is 2.95 bits per heavy atom. The van der Waals surface area contributed by atoms with Gasteiger partial charge in [-0.25, -0.2) is 9.59 Å². The first kappa shape index (κ1) is 15.5. The van der Waals surface area contributed by atoms with E-state index in [2.05, 4.69) is 21.2 Å². The van der Waals surface area contributed by atoms with Gasteiger partial charge in [-0.1, -0.05) is 27.5 Å². The van der Waals surface area contributed by atoms with Crippen molar-refractivity contribution in [3.63, 3.8) is 0 Å². The molecule has 0 aromatic heterocycles. The lowest BCUT2D eigenvalue weighted by Gasteiger charge is -2.32. The van der Waals surface area contributed by atoms with E-state index in [1.54, 1.807) is 18.2 Å². The van der Waals surface area contributed by atoms with E-state index < -0.39 is 18.0 Å². The first-order valence-electron chi connectivity index (χ1n) is 5.82. The van der Waals surface area contributed by atoms with Crippen molar-refractivity contribution < 1.29 is 14.7 Å². The molecule has 5 nitrogen and oxygen atoms in total. The highest BCUT2D eigenvalue weighted by Gasteiger charge is 2.32. The summed E-state index contributed by atoms with van der Waals surface area (Å²) in [6.07, 6.45) is 0. The van der Waals surface area contributed by atoms with Crippen molar-refractivity contribution in [2.24, 2.45) is 0 Å². The van der Waals surface area contributed by atoms with Crippen LogP contribution in [-0.2, 0) is 4.79 Å². The predicted molar refractivity (Wildman–Crippen MR) is 83.6 cm³/mol. The second-order valence-electron chi connectivity index (χ2n) is 4.18. The van der Waals surface area contributed by atoms with E-state index in [0.717, 1.165) is 10.2 Å². The number of benzene rings is 1. The van der Waals surface area contributed by atoms with Gasteiger partial charge < -0.3 is 15.3 Å². The fraction of sp³-hybridized carbons (Fsp3) is 0.333. The Morgan fingerprint density at radius 2 is 2.25 bits per heavy atom. The zero-order valence-electron chi connectivity index (χ0n) is 10.3. The molecule has 8 heteroatoms. The summed E-state index contributed by atoms with van der Waals surface area (Å²) in [5, 5.41) is 12.2. The zero-order valence-corrected chi connectivity index (χ0v) is 13.5. The number of rotatable bonds is 2. The SMILES string of the molecule is O=C(O)C1CSCCN1C(=O)Nc1cc(Br)ccc1Cl. The Bertz CT molecular complexity index is 543. The average Bonchev–Trinajstić information content (AvgIpc) is 2.42. The van der Waals surface area contributed by atoms with Crippen LogP contribution in [0.3, 0.4) is 0 Å². The Labute approximate surface area is 133 Å². The first-order chi connectivity index (χ1) is 9.49. The van der Waals surface area contributed by atoms with Crippen molar-refractivity contribution in [3.05, 3.63) is 27.7 Å². The van der Waals surface area contributed by atoms with E-state index in [0.29, 0.717) is 23.0 Å². The fourth-order valence-electron chi connectivity index (χ4n) is 1.83. The molecule has 0 bridgehead atoms. The summed E-state index contributed by atoms with van der Waals surface area (Å²) in [4.78, 5) is 24.7. The molecule has 108 valence electrons. The van der Waals surface area contributed by atoms with Crippen LogP contribution in [0.2, 0.25) is 5.02 Å². The Morgan fingerprint density at radius 1 is 1.50 bits per heavy atom. The highest BCUT2D eigenvalue weighted by Crippen LogP contribution is 2.26. The number of nitrogens with one attached hydrogen (secondary N) is 1. The van der Waals surface area contributed by atoms with Gasteiger partial charge in [0.2, 0.25) is 0 Å². The number of halogens is 2. The molecule has 1 saturated heterocycles. The number of nitrogens with zero attached hydrogens (tertiary/aromatic N) is 1. The summed E-state index contributed by atoms with van der Waals surface area (Å²) in [6, 6.07) is 3.84. The number of carbonyl (C=O) groups is 2. The van der Waals surface area contributed by atoms with Crippen molar-refractivity contribution in [2.75, 3.05) is 23.4 Å². The lowest BCUT2D eigenvalue weighted by atomic mass is 10.3. The maximum absolute atomic E-state index is 12.2. The predicted octanol–water partition coefficient (Wildman–Crippen LogP) is 3.14. The molecule has 0 saturated carbocycles. The highest BCUT2D eigenvalue weighted by molar-refractivity contribution is 9.10. The number of hydrogen-bond donors (Lipinski definition) is 2. The number of carbonyl (C=O) groups excluding carboxylic acids is 1. The van der Waals surface area contributed by atoms with Crippen molar-refractivity contribution in [2.45, 2.75) is 6.04 Å². The molecule has 1 aromatic carbocycles. The summed E-state index contributed by atoms with van der Waals surface area (Å²) in [5.74, 6) is 0.131. The minimum absolute atomic E-state index is 0.398. The van der Waals surface area contributed by atoms with E-state index >= 15 is 0 Å². The Kier molecular flexibility index (Phi) is 5.17. The Hall–Kier alpha value is -0.920. The minimum atomic E-state index is -0.993. The number of anilines is 1. The van der Waals surface area contributed by atoms with E-state index in [1.807, 2.05) is 0 Å². The van der Waals surface area contributed by atoms with Gasteiger partial charge in [-0.2, -0.15) is 11.8 Å². The van der Waals surface area contributed by atoms with Gasteiger partial charge in [-0.05, 0) is 18.2 Å². The molecule has 1 unspecified atom stereocenters. The molecule has 1 heterocycles. The van der Waals surface area contributed by atoms with Crippen molar-refractivity contribution in [1.29, 1.82) is 0 Å². The monoisotopic (exact) mass is 378 g/mol. The topological polar surface area (TPSA) is 69.6 Å². The zero-order chi connectivity index (χ0) is 14.7. The van der Waals surface area contributed by atoms with Crippen LogP contribution in [-0.4, -0.2) is 46.1 Å². The van der Waals surface area contributed by atoms with Gasteiger partial charge in [-0.3, -0.25) is 0 Å². The van der Waals surface area contributed by atoms with E-state index in [-0.39, 0.29) is 0 Å². The second-order valence-corrected chi connectivity index (χ2v) is 6.65. The molecule has 1 aliphatic heterocycles. The number of hydrogen-bond acceptors (Lipinski definition) is 3. The summed E-state index contributed by atoms with van der Waals surface area (Å²) >= 11 is 10.8. The van der Waals surface area contributed by atoms with Gasteiger partial charge in [0.25, 0.3) is 0 Å². The van der Waals surface area contributed by atoms with Gasteiger partial charge in [-0.15, -0.1) is 0 Å². The normalized spacial score (nSPS) is 18.7. The first-order valence-corrected chi connectivity index (χ1v) is 8.15. The summed E-state index contributed by atoms with van der Waals surface area (Å²) in [5.41, 5.74) is 0.452. The molecule has 1 atom stereocenters. The molecular formula is C12H12BrClN2O3S. The van der Waals surface area contributed by atoms with Gasteiger partial charge in [0.1, 0.15) is 6.04 Å². The number of aliphatic carboxylic acids is 1. The van der Waals surface area contributed by atoms with Gasteiger partial charge in [0.15, 0.2) is 0 Å². The largest absolute Gasteiger partial charge is 0.480 e. The molecule has 0 aliphatic carbocycles. The quantitative estimate of drug-likeness (QED) is 0.828. The highest BCUT2D eigenvalue weighted by atomic mass is 79.9. The van der Waals surface area contributed by atoms with Gasteiger partial charge in [0, 0.05) is 22.5 Å². The third-order valence-corrected chi connectivity index (χ3v) is 4.69. The second kappa shape index (κ2) is 6.69. The standard InChI is InChI=1S/C12H12BrClN2O3S/c13-7-1-2-8(14)9(5-7)15-12(19)16-3-4-20-6-10(16)11(17)18/h1-2,5,10H,3-4,6H2,(H,15,19)(H,17,18). The number of carboxylic acid groups (broad SMARTS) is 1. The molecule has 0 radical (unpaired) electrons. The van der Waals surface area contributed by atoms with Crippen LogP contribution in [0.4, 0.5) is 10.5 Å².